The molecule has 3 heterocycles. The number of fused-ring (bicyclic) bond motifs is 1. The molecule has 0 unspecified atom stereocenters. The van der Waals surface area contributed by atoms with E-state index in [4.69, 9.17) is 14.6 Å². The Bertz CT molecular complexity index is 1130. The van der Waals surface area contributed by atoms with Gasteiger partial charge in [0, 0.05) is 24.6 Å². The van der Waals surface area contributed by atoms with E-state index in [1.807, 2.05) is 32.0 Å². The molecule has 162 valence electrons. The van der Waals surface area contributed by atoms with Gasteiger partial charge in [0.1, 0.15) is 5.01 Å². The number of hydrogen-bond donors (Lipinski definition) is 0. The molecule has 3 aromatic rings. The first-order valence-electron chi connectivity index (χ1n) is 9.98. The third kappa shape index (κ3) is 4.14. The fraction of sp³-hybridized carbons (Fsp3) is 0.526. The monoisotopic (exact) mass is 451 g/mol. The van der Waals surface area contributed by atoms with Gasteiger partial charge in [0.25, 0.3) is 0 Å². The van der Waals surface area contributed by atoms with Crippen molar-refractivity contribution in [2.24, 2.45) is 0 Å². The maximum absolute atomic E-state index is 11.8. The molecule has 2 aromatic heterocycles. The molecule has 1 fully saturated rings. The van der Waals surface area contributed by atoms with E-state index in [-0.39, 0.29) is 5.92 Å². The molecule has 11 heteroatoms. The lowest BCUT2D eigenvalue weighted by Crippen LogP contribution is -2.37. The third-order valence-corrected chi connectivity index (χ3v) is 7.34. The highest BCUT2D eigenvalue weighted by Crippen LogP contribution is 2.36. The average Bonchev–Trinajstić information content (AvgIpc) is 3.30. The first-order valence-corrected chi connectivity index (χ1v) is 12.6. The number of aromatic nitrogens is 4. The van der Waals surface area contributed by atoms with Gasteiger partial charge in [0.15, 0.2) is 17.3 Å². The lowest BCUT2D eigenvalue weighted by atomic mass is 9.97. The van der Waals surface area contributed by atoms with Crippen LogP contribution in [0.3, 0.4) is 0 Å². The SMILES string of the molecule is CCOc1ccc(-c2nn3c(C4CCN(S(C)(=O)=O)CC4)nnc3s2)cc1OCC. The van der Waals surface area contributed by atoms with Gasteiger partial charge in [-0.2, -0.15) is 9.61 Å². The molecule has 0 amide bonds. The third-order valence-electron chi connectivity index (χ3n) is 5.09. The Morgan fingerprint density at radius 2 is 1.80 bits per heavy atom. The molecule has 4 rings (SSSR count). The zero-order chi connectivity index (χ0) is 21.3. The zero-order valence-corrected chi connectivity index (χ0v) is 18.9. The number of ether oxygens (including phenoxy) is 2. The van der Waals surface area contributed by atoms with Crippen LogP contribution in [0.4, 0.5) is 0 Å². The molecule has 0 spiro atoms. The van der Waals surface area contributed by atoms with E-state index < -0.39 is 10.0 Å². The molecular formula is C19H25N5O4S2. The normalized spacial score (nSPS) is 16.2. The lowest BCUT2D eigenvalue weighted by Gasteiger charge is -2.28. The molecule has 1 aromatic carbocycles. The van der Waals surface area contributed by atoms with E-state index in [1.165, 1.54) is 21.9 Å². The van der Waals surface area contributed by atoms with E-state index >= 15 is 0 Å². The Balaban J connectivity index is 1.60. The van der Waals surface area contributed by atoms with Crippen molar-refractivity contribution in [3.8, 4) is 22.1 Å². The van der Waals surface area contributed by atoms with Crippen LogP contribution < -0.4 is 9.47 Å². The Hall–Kier alpha value is -2.24. The van der Waals surface area contributed by atoms with Crippen LogP contribution in [0.15, 0.2) is 18.2 Å². The van der Waals surface area contributed by atoms with Crippen LogP contribution in [-0.4, -0.2) is 65.1 Å². The minimum absolute atomic E-state index is 0.132. The van der Waals surface area contributed by atoms with Crippen LogP contribution in [0.25, 0.3) is 15.5 Å². The number of piperidine rings is 1. The summed E-state index contributed by atoms with van der Waals surface area (Å²) in [4.78, 5) is 0.720. The van der Waals surface area contributed by atoms with Gasteiger partial charge in [-0.05, 0) is 44.9 Å². The smallest absolute Gasteiger partial charge is 0.234 e. The molecule has 9 nitrogen and oxygen atoms in total. The molecule has 0 N–H and O–H groups in total. The topological polar surface area (TPSA) is 98.9 Å². The Morgan fingerprint density at radius 3 is 2.47 bits per heavy atom. The van der Waals surface area contributed by atoms with Gasteiger partial charge in [-0.15, -0.1) is 10.2 Å². The van der Waals surface area contributed by atoms with E-state index in [1.54, 1.807) is 4.52 Å². The predicted molar refractivity (Wildman–Crippen MR) is 115 cm³/mol. The second-order valence-electron chi connectivity index (χ2n) is 7.12. The molecule has 0 saturated carbocycles. The fourth-order valence-corrected chi connectivity index (χ4v) is 5.35. The first-order chi connectivity index (χ1) is 14.4. The van der Waals surface area contributed by atoms with Crippen LogP contribution in [-0.2, 0) is 10.0 Å². The Kier molecular flexibility index (Phi) is 5.94. The van der Waals surface area contributed by atoms with Crippen molar-refractivity contribution in [3.05, 3.63) is 24.0 Å². The van der Waals surface area contributed by atoms with Crippen molar-refractivity contribution in [1.29, 1.82) is 0 Å². The molecule has 0 bridgehead atoms. The van der Waals surface area contributed by atoms with Crippen LogP contribution in [0.2, 0.25) is 0 Å². The maximum atomic E-state index is 11.8. The average molecular weight is 452 g/mol. The van der Waals surface area contributed by atoms with E-state index in [2.05, 4.69) is 10.2 Å². The predicted octanol–water partition coefficient (Wildman–Crippen LogP) is 2.79. The minimum atomic E-state index is -3.15. The van der Waals surface area contributed by atoms with Crippen molar-refractivity contribution in [2.45, 2.75) is 32.6 Å². The molecule has 1 aliphatic rings. The molecular weight excluding hydrogens is 426 g/mol. The van der Waals surface area contributed by atoms with Crippen molar-refractivity contribution >= 4 is 26.3 Å². The molecule has 0 atom stereocenters. The van der Waals surface area contributed by atoms with Crippen molar-refractivity contribution in [3.63, 3.8) is 0 Å². The summed E-state index contributed by atoms with van der Waals surface area (Å²) in [5, 5.41) is 14.2. The lowest BCUT2D eigenvalue weighted by molar-refractivity contribution is 0.288. The Morgan fingerprint density at radius 1 is 1.10 bits per heavy atom. The van der Waals surface area contributed by atoms with E-state index in [0.717, 1.165) is 21.4 Å². The molecule has 30 heavy (non-hydrogen) atoms. The second kappa shape index (κ2) is 8.48. The Labute approximate surface area is 179 Å². The van der Waals surface area contributed by atoms with Gasteiger partial charge in [0.05, 0.1) is 19.5 Å². The van der Waals surface area contributed by atoms with Crippen LogP contribution in [0.1, 0.15) is 38.4 Å². The van der Waals surface area contributed by atoms with Crippen LogP contribution in [0.5, 0.6) is 11.5 Å². The molecule has 0 radical (unpaired) electrons. The number of rotatable bonds is 7. The van der Waals surface area contributed by atoms with E-state index in [0.29, 0.717) is 50.6 Å². The summed E-state index contributed by atoms with van der Waals surface area (Å²) < 4.78 is 38.2. The summed E-state index contributed by atoms with van der Waals surface area (Å²) in [7, 11) is -3.15. The summed E-state index contributed by atoms with van der Waals surface area (Å²) in [5.41, 5.74) is 0.926. The van der Waals surface area contributed by atoms with Crippen molar-refractivity contribution in [1.82, 2.24) is 24.1 Å². The van der Waals surface area contributed by atoms with Gasteiger partial charge in [0.2, 0.25) is 15.0 Å². The number of nitrogens with zero attached hydrogens (tertiary/aromatic N) is 5. The number of sulfonamides is 1. The van der Waals surface area contributed by atoms with Gasteiger partial charge >= 0.3 is 0 Å². The summed E-state index contributed by atoms with van der Waals surface area (Å²) >= 11 is 1.46. The quantitative estimate of drug-likeness (QED) is 0.545. The first kappa shape index (κ1) is 21.0. The van der Waals surface area contributed by atoms with Crippen molar-refractivity contribution < 1.29 is 17.9 Å². The second-order valence-corrected chi connectivity index (χ2v) is 10.1. The van der Waals surface area contributed by atoms with Gasteiger partial charge < -0.3 is 9.47 Å². The summed E-state index contributed by atoms with van der Waals surface area (Å²) in [6.45, 7) is 5.97. The minimum Gasteiger partial charge on any atom is -0.490 e. The van der Waals surface area contributed by atoms with Crippen LogP contribution >= 0.6 is 11.3 Å². The van der Waals surface area contributed by atoms with Gasteiger partial charge in [-0.25, -0.2) is 12.7 Å². The summed E-state index contributed by atoms with van der Waals surface area (Å²) in [6.07, 6.45) is 2.67. The maximum Gasteiger partial charge on any atom is 0.234 e. The summed E-state index contributed by atoms with van der Waals surface area (Å²) in [6, 6.07) is 5.79. The molecule has 1 aliphatic heterocycles. The summed E-state index contributed by atoms with van der Waals surface area (Å²) in [5.74, 6) is 2.32. The fourth-order valence-electron chi connectivity index (χ4n) is 3.63. The largest absolute Gasteiger partial charge is 0.490 e. The zero-order valence-electron chi connectivity index (χ0n) is 17.2. The standard InChI is InChI=1S/C19H25N5O4S2/c1-4-27-15-7-6-14(12-16(15)28-5-2)18-22-24-17(20-21-19(24)29-18)13-8-10-23(11-9-13)30(3,25)26/h6-7,12-13H,4-5,8-11H2,1-3H3. The van der Waals surface area contributed by atoms with Gasteiger partial charge in [-0.3, -0.25) is 0 Å². The van der Waals surface area contributed by atoms with Gasteiger partial charge in [-0.1, -0.05) is 11.3 Å². The number of hydrogen-bond acceptors (Lipinski definition) is 8. The highest BCUT2D eigenvalue weighted by Gasteiger charge is 2.29. The van der Waals surface area contributed by atoms with E-state index in [9.17, 15) is 8.42 Å². The van der Waals surface area contributed by atoms with Crippen molar-refractivity contribution in [2.75, 3.05) is 32.6 Å². The molecule has 0 aliphatic carbocycles. The molecule has 1 saturated heterocycles. The highest BCUT2D eigenvalue weighted by atomic mass is 32.2. The van der Waals surface area contributed by atoms with Crippen LogP contribution in [0, 0.1) is 0 Å². The number of benzene rings is 1. The highest BCUT2D eigenvalue weighted by molar-refractivity contribution is 7.88.